The van der Waals surface area contributed by atoms with Crippen molar-refractivity contribution in [2.45, 2.75) is 18.7 Å². The van der Waals surface area contributed by atoms with Crippen molar-refractivity contribution in [3.05, 3.63) is 36.4 Å². The molecule has 0 saturated heterocycles. The SMILES string of the molecule is CC(C)CNc1ccc2ccc(S(=O)(=O)O)cc2c1. The Morgan fingerprint density at radius 3 is 2.42 bits per heavy atom. The van der Waals surface area contributed by atoms with Gasteiger partial charge in [-0.1, -0.05) is 26.0 Å². The molecule has 0 unspecified atom stereocenters. The van der Waals surface area contributed by atoms with Gasteiger partial charge in [-0.15, -0.1) is 0 Å². The molecular weight excluding hydrogens is 262 g/mol. The zero-order valence-corrected chi connectivity index (χ0v) is 11.7. The quantitative estimate of drug-likeness (QED) is 0.844. The van der Waals surface area contributed by atoms with Gasteiger partial charge in [0.2, 0.25) is 0 Å². The van der Waals surface area contributed by atoms with Crippen LogP contribution < -0.4 is 5.32 Å². The molecule has 0 aliphatic carbocycles. The van der Waals surface area contributed by atoms with E-state index >= 15 is 0 Å². The molecule has 0 aliphatic rings. The summed E-state index contributed by atoms with van der Waals surface area (Å²) in [6, 6.07) is 10.3. The molecule has 19 heavy (non-hydrogen) atoms. The second-order valence-electron chi connectivity index (χ2n) is 4.97. The lowest BCUT2D eigenvalue weighted by Gasteiger charge is -2.10. The van der Waals surface area contributed by atoms with E-state index in [0.29, 0.717) is 5.92 Å². The summed E-state index contributed by atoms with van der Waals surface area (Å²) in [5.74, 6) is 0.528. The Labute approximate surface area is 113 Å². The van der Waals surface area contributed by atoms with Crippen molar-refractivity contribution in [3.8, 4) is 0 Å². The molecule has 0 amide bonds. The van der Waals surface area contributed by atoms with Gasteiger partial charge in [0.15, 0.2) is 0 Å². The molecular formula is C14H17NO3S. The molecule has 102 valence electrons. The Bertz CT molecular complexity index is 693. The number of nitrogens with one attached hydrogen (secondary N) is 1. The van der Waals surface area contributed by atoms with Gasteiger partial charge < -0.3 is 5.32 Å². The van der Waals surface area contributed by atoms with Crippen molar-refractivity contribution in [3.63, 3.8) is 0 Å². The second-order valence-corrected chi connectivity index (χ2v) is 6.40. The Morgan fingerprint density at radius 1 is 1.11 bits per heavy atom. The minimum atomic E-state index is -4.15. The highest BCUT2D eigenvalue weighted by atomic mass is 32.2. The smallest absolute Gasteiger partial charge is 0.294 e. The first-order chi connectivity index (χ1) is 8.86. The van der Waals surface area contributed by atoms with Crippen LogP contribution in [0.2, 0.25) is 0 Å². The van der Waals surface area contributed by atoms with Gasteiger partial charge in [-0.3, -0.25) is 4.55 Å². The highest BCUT2D eigenvalue weighted by Gasteiger charge is 2.09. The lowest BCUT2D eigenvalue weighted by atomic mass is 10.1. The van der Waals surface area contributed by atoms with Crippen LogP contribution in [0.4, 0.5) is 5.69 Å². The summed E-state index contributed by atoms with van der Waals surface area (Å²) in [7, 11) is -4.15. The topological polar surface area (TPSA) is 66.4 Å². The van der Waals surface area contributed by atoms with Crippen molar-refractivity contribution in [1.82, 2.24) is 0 Å². The molecule has 2 aromatic carbocycles. The molecule has 2 aromatic rings. The van der Waals surface area contributed by atoms with E-state index in [4.69, 9.17) is 4.55 Å². The molecule has 0 heterocycles. The molecule has 4 nitrogen and oxygen atoms in total. The summed E-state index contributed by atoms with van der Waals surface area (Å²) in [6.45, 7) is 5.08. The van der Waals surface area contributed by atoms with E-state index < -0.39 is 10.1 Å². The lowest BCUT2D eigenvalue weighted by Crippen LogP contribution is -2.07. The summed E-state index contributed by atoms with van der Waals surface area (Å²) >= 11 is 0. The molecule has 0 radical (unpaired) electrons. The van der Waals surface area contributed by atoms with Gasteiger partial charge >= 0.3 is 0 Å². The maximum atomic E-state index is 11.1. The average molecular weight is 279 g/mol. The van der Waals surface area contributed by atoms with Crippen molar-refractivity contribution in [1.29, 1.82) is 0 Å². The highest BCUT2D eigenvalue weighted by Crippen LogP contribution is 2.22. The summed E-state index contributed by atoms with van der Waals surface area (Å²) < 4.78 is 31.3. The van der Waals surface area contributed by atoms with Crippen LogP contribution in [0.5, 0.6) is 0 Å². The molecule has 2 N–H and O–H groups in total. The normalized spacial score (nSPS) is 12.0. The van der Waals surface area contributed by atoms with E-state index in [1.165, 1.54) is 12.1 Å². The summed E-state index contributed by atoms with van der Waals surface area (Å²) in [6.07, 6.45) is 0. The maximum absolute atomic E-state index is 11.1. The minimum Gasteiger partial charge on any atom is -0.385 e. The Morgan fingerprint density at radius 2 is 1.79 bits per heavy atom. The fourth-order valence-corrected chi connectivity index (χ4v) is 2.33. The van der Waals surface area contributed by atoms with Crippen LogP contribution >= 0.6 is 0 Å². The molecule has 0 spiro atoms. The first-order valence-corrected chi connectivity index (χ1v) is 7.55. The predicted molar refractivity (Wildman–Crippen MR) is 77.1 cm³/mol. The third-order valence-corrected chi connectivity index (χ3v) is 3.67. The van der Waals surface area contributed by atoms with E-state index in [1.54, 1.807) is 6.07 Å². The van der Waals surface area contributed by atoms with Crippen LogP contribution in [0.15, 0.2) is 41.3 Å². The third kappa shape index (κ3) is 3.45. The van der Waals surface area contributed by atoms with Crippen LogP contribution in [-0.2, 0) is 10.1 Å². The monoisotopic (exact) mass is 279 g/mol. The van der Waals surface area contributed by atoms with Gasteiger partial charge in [-0.25, -0.2) is 0 Å². The zero-order valence-electron chi connectivity index (χ0n) is 10.9. The Balaban J connectivity index is 2.40. The van der Waals surface area contributed by atoms with Gasteiger partial charge in [0.25, 0.3) is 10.1 Å². The van der Waals surface area contributed by atoms with E-state index in [-0.39, 0.29) is 4.90 Å². The first kappa shape index (κ1) is 13.8. The lowest BCUT2D eigenvalue weighted by molar-refractivity contribution is 0.483. The van der Waals surface area contributed by atoms with E-state index in [1.807, 2.05) is 18.2 Å². The van der Waals surface area contributed by atoms with Gasteiger partial charge in [0.05, 0.1) is 4.90 Å². The fraction of sp³-hybridized carbons (Fsp3) is 0.286. The van der Waals surface area contributed by atoms with Gasteiger partial charge in [-0.05, 0) is 41.0 Å². The third-order valence-electron chi connectivity index (χ3n) is 2.82. The van der Waals surface area contributed by atoms with Gasteiger partial charge in [0, 0.05) is 12.2 Å². The second kappa shape index (κ2) is 5.19. The van der Waals surface area contributed by atoms with Crippen LogP contribution in [-0.4, -0.2) is 19.5 Å². The van der Waals surface area contributed by atoms with Crippen LogP contribution in [0.1, 0.15) is 13.8 Å². The summed E-state index contributed by atoms with van der Waals surface area (Å²) in [5, 5.41) is 5.00. The number of benzene rings is 2. The molecule has 0 bridgehead atoms. The van der Waals surface area contributed by atoms with Crippen molar-refractivity contribution < 1.29 is 13.0 Å². The summed E-state index contributed by atoms with van der Waals surface area (Å²) in [4.78, 5) is -0.0824. The molecule has 0 fully saturated rings. The number of rotatable bonds is 4. The number of hydrogen-bond acceptors (Lipinski definition) is 3. The Kier molecular flexibility index (Phi) is 3.78. The minimum absolute atomic E-state index is 0.0824. The highest BCUT2D eigenvalue weighted by molar-refractivity contribution is 7.85. The van der Waals surface area contributed by atoms with Gasteiger partial charge in [-0.2, -0.15) is 8.42 Å². The van der Waals surface area contributed by atoms with Crippen molar-refractivity contribution in [2.24, 2.45) is 5.92 Å². The number of hydrogen-bond donors (Lipinski definition) is 2. The molecule has 5 heteroatoms. The first-order valence-electron chi connectivity index (χ1n) is 6.11. The molecule has 0 aromatic heterocycles. The van der Waals surface area contributed by atoms with E-state index in [2.05, 4.69) is 19.2 Å². The maximum Gasteiger partial charge on any atom is 0.294 e. The number of anilines is 1. The van der Waals surface area contributed by atoms with Crippen LogP contribution in [0.25, 0.3) is 10.8 Å². The van der Waals surface area contributed by atoms with Gasteiger partial charge in [0.1, 0.15) is 0 Å². The molecule has 2 rings (SSSR count). The van der Waals surface area contributed by atoms with Crippen molar-refractivity contribution in [2.75, 3.05) is 11.9 Å². The Hall–Kier alpha value is -1.59. The molecule has 0 aliphatic heterocycles. The van der Waals surface area contributed by atoms with Crippen LogP contribution in [0.3, 0.4) is 0 Å². The molecule has 0 saturated carbocycles. The molecule has 0 atom stereocenters. The average Bonchev–Trinajstić information content (AvgIpc) is 2.34. The zero-order chi connectivity index (χ0) is 14.0. The van der Waals surface area contributed by atoms with E-state index in [0.717, 1.165) is 23.0 Å². The van der Waals surface area contributed by atoms with Crippen molar-refractivity contribution >= 4 is 26.6 Å². The fourth-order valence-electron chi connectivity index (χ4n) is 1.82. The largest absolute Gasteiger partial charge is 0.385 e. The van der Waals surface area contributed by atoms with Crippen LogP contribution in [0, 0.1) is 5.92 Å². The number of fused-ring (bicyclic) bond motifs is 1. The van der Waals surface area contributed by atoms with E-state index in [9.17, 15) is 8.42 Å². The summed E-state index contributed by atoms with van der Waals surface area (Å²) in [5.41, 5.74) is 0.939. The predicted octanol–water partition coefficient (Wildman–Crippen LogP) is 3.15. The standard InChI is InChI=1S/C14H17NO3S/c1-10(2)9-15-13-5-3-11-4-6-14(19(16,17)18)8-12(11)7-13/h3-8,10,15H,9H2,1-2H3,(H,16,17,18).